The van der Waals surface area contributed by atoms with Crippen molar-refractivity contribution in [2.45, 2.75) is 45.4 Å². The lowest BCUT2D eigenvalue weighted by Gasteiger charge is -2.08. The van der Waals surface area contributed by atoms with Gasteiger partial charge in [-0.1, -0.05) is 39.0 Å². The number of nitro benzene ring substituents is 1. The highest BCUT2D eigenvalue weighted by molar-refractivity contribution is 9.10. The van der Waals surface area contributed by atoms with Gasteiger partial charge in [-0.25, -0.2) is 4.39 Å². The highest BCUT2D eigenvalue weighted by Gasteiger charge is 2.17. The van der Waals surface area contributed by atoms with E-state index in [2.05, 4.69) is 28.2 Å². The van der Waals surface area contributed by atoms with E-state index in [0.29, 0.717) is 12.2 Å². The molecule has 4 nitrogen and oxygen atoms in total. The first-order valence-electron chi connectivity index (χ1n) is 6.93. The molecule has 0 atom stereocenters. The van der Waals surface area contributed by atoms with Crippen LogP contribution in [0.4, 0.5) is 15.8 Å². The molecule has 0 amide bonds. The molecule has 0 unspecified atom stereocenters. The summed E-state index contributed by atoms with van der Waals surface area (Å²) in [4.78, 5) is 10.3. The van der Waals surface area contributed by atoms with Crippen molar-refractivity contribution in [2.24, 2.45) is 0 Å². The molecule has 1 rings (SSSR count). The van der Waals surface area contributed by atoms with Gasteiger partial charge in [0.05, 0.1) is 15.5 Å². The zero-order chi connectivity index (χ0) is 15.0. The lowest BCUT2D eigenvalue weighted by molar-refractivity contribution is -0.384. The lowest BCUT2D eigenvalue weighted by Crippen LogP contribution is -2.05. The minimum absolute atomic E-state index is 0.225. The Morgan fingerprint density at radius 2 is 1.90 bits per heavy atom. The van der Waals surface area contributed by atoms with Crippen molar-refractivity contribution in [3.8, 4) is 0 Å². The summed E-state index contributed by atoms with van der Waals surface area (Å²) >= 11 is 3.04. The molecular formula is C14H20BrFN2O2. The van der Waals surface area contributed by atoms with Gasteiger partial charge in [-0.05, 0) is 28.4 Å². The molecule has 0 bridgehead atoms. The van der Waals surface area contributed by atoms with Crippen molar-refractivity contribution in [3.05, 3.63) is 32.5 Å². The maximum atomic E-state index is 13.3. The van der Waals surface area contributed by atoms with Gasteiger partial charge in [0.15, 0.2) is 0 Å². The van der Waals surface area contributed by atoms with Crippen molar-refractivity contribution in [3.63, 3.8) is 0 Å². The molecule has 0 radical (unpaired) electrons. The summed E-state index contributed by atoms with van der Waals surface area (Å²) in [5.41, 5.74) is 0.133. The molecule has 1 aromatic rings. The molecule has 0 saturated heterocycles. The molecule has 6 heteroatoms. The van der Waals surface area contributed by atoms with Crippen LogP contribution in [0.5, 0.6) is 0 Å². The number of halogens is 2. The lowest BCUT2D eigenvalue weighted by atomic mass is 10.1. The first kappa shape index (κ1) is 16.9. The first-order valence-corrected chi connectivity index (χ1v) is 7.73. The van der Waals surface area contributed by atoms with E-state index in [1.54, 1.807) is 0 Å². The van der Waals surface area contributed by atoms with E-state index < -0.39 is 10.7 Å². The Labute approximate surface area is 127 Å². The Morgan fingerprint density at radius 3 is 2.55 bits per heavy atom. The van der Waals surface area contributed by atoms with Gasteiger partial charge in [-0.15, -0.1) is 0 Å². The Hall–Kier alpha value is -1.17. The second-order valence-electron chi connectivity index (χ2n) is 4.74. The molecule has 0 aromatic heterocycles. The molecular weight excluding hydrogens is 327 g/mol. The number of hydrogen-bond donors (Lipinski definition) is 1. The van der Waals surface area contributed by atoms with E-state index in [0.717, 1.165) is 18.9 Å². The topological polar surface area (TPSA) is 55.2 Å². The van der Waals surface area contributed by atoms with Crippen LogP contribution in [-0.2, 0) is 0 Å². The van der Waals surface area contributed by atoms with E-state index in [9.17, 15) is 14.5 Å². The average Bonchev–Trinajstić information content (AvgIpc) is 2.41. The third-order valence-electron chi connectivity index (χ3n) is 3.08. The van der Waals surface area contributed by atoms with Crippen LogP contribution >= 0.6 is 15.9 Å². The second kappa shape index (κ2) is 8.89. The van der Waals surface area contributed by atoms with E-state index in [1.807, 2.05) is 0 Å². The predicted octanol–water partition coefficient (Wildman–Crippen LogP) is 5.27. The number of benzene rings is 1. The van der Waals surface area contributed by atoms with E-state index in [4.69, 9.17) is 0 Å². The fourth-order valence-electron chi connectivity index (χ4n) is 1.96. The summed E-state index contributed by atoms with van der Waals surface area (Å²) in [6.45, 7) is 2.83. The summed E-state index contributed by atoms with van der Waals surface area (Å²) in [7, 11) is 0. The van der Waals surface area contributed by atoms with E-state index in [-0.39, 0.29) is 10.2 Å². The molecule has 0 fully saturated rings. The van der Waals surface area contributed by atoms with Crippen LogP contribution in [0.25, 0.3) is 0 Å². The molecule has 112 valence electrons. The van der Waals surface area contributed by atoms with Gasteiger partial charge in [0, 0.05) is 6.54 Å². The average molecular weight is 347 g/mol. The number of nitrogens with one attached hydrogen (secondary N) is 1. The van der Waals surface area contributed by atoms with Gasteiger partial charge >= 0.3 is 0 Å². The summed E-state index contributed by atoms with van der Waals surface area (Å²) in [5, 5.41) is 13.9. The summed E-state index contributed by atoms with van der Waals surface area (Å²) in [5.74, 6) is -0.623. The largest absolute Gasteiger partial charge is 0.379 e. The van der Waals surface area contributed by atoms with Crippen LogP contribution in [-0.4, -0.2) is 11.5 Å². The maximum absolute atomic E-state index is 13.3. The Kier molecular flexibility index (Phi) is 7.51. The van der Waals surface area contributed by atoms with Crippen molar-refractivity contribution in [1.82, 2.24) is 0 Å². The molecule has 20 heavy (non-hydrogen) atoms. The Balaban J connectivity index is 2.47. The fraction of sp³-hybridized carbons (Fsp3) is 0.571. The zero-order valence-corrected chi connectivity index (χ0v) is 13.2. The van der Waals surface area contributed by atoms with Gasteiger partial charge in [0.1, 0.15) is 11.5 Å². The van der Waals surface area contributed by atoms with Crippen LogP contribution in [0.15, 0.2) is 16.6 Å². The minimum Gasteiger partial charge on any atom is -0.379 e. The van der Waals surface area contributed by atoms with Gasteiger partial charge in [-0.2, -0.15) is 0 Å². The van der Waals surface area contributed by atoms with Gasteiger partial charge in [-0.3, -0.25) is 10.1 Å². The molecule has 0 aliphatic rings. The van der Waals surface area contributed by atoms with Crippen molar-refractivity contribution < 1.29 is 9.31 Å². The summed E-state index contributed by atoms with van der Waals surface area (Å²) in [6, 6.07) is 2.36. The van der Waals surface area contributed by atoms with Crippen molar-refractivity contribution in [2.75, 3.05) is 11.9 Å². The molecule has 0 saturated carbocycles. The molecule has 1 N–H and O–H groups in total. The normalized spacial score (nSPS) is 10.6. The number of hydrogen-bond acceptors (Lipinski definition) is 3. The zero-order valence-electron chi connectivity index (χ0n) is 11.6. The van der Waals surface area contributed by atoms with Crippen LogP contribution in [0.1, 0.15) is 45.4 Å². The third-order valence-corrected chi connectivity index (χ3v) is 3.69. The summed E-state index contributed by atoms with van der Waals surface area (Å²) in [6.07, 6.45) is 6.94. The Morgan fingerprint density at radius 1 is 1.25 bits per heavy atom. The summed E-state index contributed by atoms with van der Waals surface area (Å²) < 4.78 is 13.5. The highest BCUT2D eigenvalue weighted by atomic mass is 79.9. The molecule has 0 heterocycles. The maximum Gasteiger partial charge on any atom is 0.295 e. The molecule has 1 aromatic carbocycles. The molecule has 0 aliphatic carbocycles. The number of nitrogens with zero attached hydrogens (tertiary/aromatic N) is 1. The van der Waals surface area contributed by atoms with E-state index >= 15 is 0 Å². The van der Waals surface area contributed by atoms with Crippen LogP contribution in [0.2, 0.25) is 0 Å². The SMILES string of the molecule is CCCCCCCCNc1cc(Br)c(F)cc1[N+](=O)[O-]. The van der Waals surface area contributed by atoms with Gasteiger partial charge in [0.25, 0.3) is 5.69 Å². The van der Waals surface area contributed by atoms with Crippen LogP contribution < -0.4 is 5.32 Å². The van der Waals surface area contributed by atoms with Crippen molar-refractivity contribution >= 4 is 27.3 Å². The standard InChI is InChI=1S/C14H20BrFN2O2/c1-2-3-4-5-6-7-8-17-13-9-11(15)12(16)10-14(13)18(19)20/h9-10,17H,2-8H2,1H3. The highest BCUT2D eigenvalue weighted by Crippen LogP contribution is 2.30. The third kappa shape index (κ3) is 5.45. The number of unbranched alkanes of at least 4 members (excludes halogenated alkanes) is 5. The molecule has 0 aliphatic heterocycles. The fourth-order valence-corrected chi connectivity index (χ4v) is 2.30. The number of nitro groups is 1. The number of rotatable bonds is 9. The number of anilines is 1. The second-order valence-corrected chi connectivity index (χ2v) is 5.59. The van der Waals surface area contributed by atoms with Crippen LogP contribution in [0, 0.1) is 15.9 Å². The quantitative estimate of drug-likeness (QED) is 0.376. The van der Waals surface area contributed by atoms with Crippen molar-refractivity contribution in [1.29, 1.82) is 0 Å². The first-order chi connectivity index (χ1) is 9.56. The minimum atomic E-state index is -0.623. The van der Waals surface area contributed by atoms with E-state index in [1.165, 1.54) is 31.7 Å². The van der Waals surface area contributed by atoms with Gasteiger partial charge in [0.2, 0.25) is 0 Å². The van der Waals surface area contributed by atoms with Crippen LogP contribution in [0.3, 0.4) is 0 Å². The van der Waals surface area contributed by atoms with Gasteiger partial charge < -0.3 is 5.32 Å². The molecule has 0 spiro atoms. The smallest absolute Gasteiger partial charge is 0.295 e. The Bertz CT molecular complexity index is 455. The monoisotopic (exact) mass is 346 g/mol. The predicted molar refractivity (Wildman–Crippen MR) is 82.6 cm³/mol.